The van der Waals surface area contributed by atoms with Crippen LogP contribution in [-0.4, -0.2) is 56.9 Å². The highest BCUT2D eigenvalue weighted by Gasteiger charge is 2.43. The molecule has 0 bridgehead atoms. The number of hydrogen-bond acceptors (Lipinski definition) is 4. The average Bonchev–Trinajstić information content (AvgIpc) is 2.86. The summed E-state index contributed by atoms with van der Waals surface area (Å²) >= 11 is 0. The van der Waals surface area contributed by atoms with Crippen molar-refractivity contribution in [1.29, 1.82) is 0 Å². The van der Waals surface area contributed by atoms with Crippen LogP contribution in [0.3, 0.4) is 0 Å². The highest BCUT2D eigenvalue weighted by molar-refractivity contribution is 7.88. The van der Waals surface area contributed by atoms with Crippen LogP contribution in [0.5, 0.6) is 5.75 Å². The van der Waals surface area contributed by atoms with Gasteiger partial charge in [0, 0.05) is 18.6 Å². The molecule has 0 saturated carbocycles. The van der Waals surface area contributed by atoms with E-state index in [0.717, 1.165) is 18.4 Å². The zero-order chi connectivity index (χ0) is 21.1. The molecule has 1 fully saturated rings. The summed E-state index contributed by atoms with van der Waals surface area (Å²) in [5.41, 5.74) is -0.796. The van der Waals surface area contributed by atoms with Crippen molar-refractivity contribution in [2.24, 2.45) is 0 Å². The van der Waals surface area contributed by atoms with Crippen molar-refractivity contribution in [1.82, 2.24) is 14.9 Å². The van der Waals surface area contributed by atoms with E-state index in [2.05, 4.69) is 10.0 Å². The lowest BCUT2D eigenvalue weighted by atomic mass is 10.1. The van der Waals surface area contributed by atoms with Gasteiger partial charge in [0.05, 0.1) is 17.9 Å². The summed E-state index contributed by atoms with van der Waals surface area (Å²) in [5.74, 6) is 0.196. The second-order valence-corrected chi connectivity index (χ2v) is 8.50. The van der Waals surface area contributed by atoms with E-state index in [4.69, 9.17) is 4.74 Å². The van der Waals surface area contributed by atoms with Gasteiger partial charge in [-0.05, 0) is 44.5 Å². The fraction of sp³-hybridized carbons (Fsp3) is 0.588. The molecule has 11 heteroatoms. The largest absolute Gasteiger partial charge is 0.491 e. The summed E-state index contributed by atoms with van der Waals surface area (Å²) in [7, 11) is -3.52. The van der Waals surface area contributed by atoms with Gasteiger partial charge in [-0.2, -0.15) is 13.2 Å². The monoisotopic (exact) mass is 423 g/mol. The third-order valence-corrected chi connectivity index (χ3v) is 5.15. The number of nitrogens with zero attached hydrogens (tertiary/aromatic N) is 1. The minimum absolute atomic E-state index is 0.0694. The second kappa shape index (κ2) is 8.56. The number of rotatable bonds is 6. The number of amides is 2. The molecule has 0 aliphatic carbocycles. The summed E-state index contributed by atoms with van der Waals surface area (Å²) in [6.45, 7) is 3.89. The molecule has 3 atom stereocenters. The minimum atomic E-state index is -4.45. The number of sulfonamides is 1. The molecule has 2 rings (SSSR count). The Bertz CT molecular complexity index is 784. The van der Waals surface area contributed by atoms with Crippen LogP contribution in [0.25, 0.3) is 0 Å². The molecule has 0 radical (unpaired) electrons. The van der Waals surface area contributed by atoms with Gasteiger partial charge in [0.1, 0.15) is 12.4 Å². The molecule has 0 unspecified atom stereocenters. The number of hydrogen-bond donors (Lipinski definition) is 2. The van der Waals surface area contributed by atoms with E-state index in [9.17, 15) is 26.4 Å². The van der Waals surface area contributed by atoms with E-state index in [1.807, 2.05) is 0 Å². The number of alkyl halides is 3. The highest BCUT2D eigenvalue weighted by atomic mass is 32.2. The summed E-state index contributed by atoms with van der Waals surface area (Å²) < 4.78 is 69.4. The molecule has 28 heavy (non-hydrogen) atoms. The number of carbonyl (C=O) groups excluding carboxylic acids is 1. The molecule has 1 aliphatic rings. The number of likely N-dealkylation sites (tertiary alicyclic amines) is 1. The number of halogens is 3. The van der Waals surface area contributed by atoms with E-state index in [1.165, 1.54) is 17.0 Å². The predicted octanol–water partition coefficient (Wildman–Crippen LogP) is 2.19. The third-order valence-electron chi connectivity index (χ3n) is 4.42. The molecule has 2 N–H and O–H groups in total. The van der Waals surface area contributed by atoms with Crippen LogP contribution in [0, 0.1) is 0 Å². The average molecular weight is 423 g/mol. The van der Waals surface area contributed by atoms with E-state index in [0.29, 0.717) is 13.0 Å². The summed E-state index contributed by atoms with van der Waals surface area (Å²) in [4.78, 5) is 13.9. The van der Waals surface area contributed by atoms with Gasteiger partial charge in [0.25, 0.3) is 0 Å². The number of carbonyl (C=O) groups is 1. The van der Waals surface area contributed by atoms with Crippen molar-refractivity contribution in [3.63, 3.8) is 0 Å². The number of ether oxygens (including phenoxy) is 1. The van der Waals surface area contributed by atoms with Gasteiger partial charge in [-0.25, -0.2) is 17.9 Å². The van der Waals surface area contributed by atoms with Gasteiger partial charge in [-0.3, -0.25) is 0 Å². The molecular weight excluding hydrogens is 399 g/mol. The molecule has 1 saturated heterocycles. The second-order valence-electron chi connectivity index (χ2n) is 6.72. The Kier molecular flexibility index (Phi) is 6.81. The molecule has 1 aromatic rings. The van der Waals surface area contributed by atoms with Crippen LogP contribution in [0.4, 0.5) is 18.0 Å². The molecular formula is C17H24F3N3O4S. The van der Waals surface area contributed by atoms with E-state index in [1.54, 1.807) is 13.8 Å². The van der Waals surface area contributed by atoms with Crippen molar-refractivity contribution in [2.45, 2.75) is 44.6 Å². The van der Waals surface area contributed by atoms with E-state index < -0.39 is 33.8 Å². The Labute approximate surface area is 162 Å². The fourth-order valence-electron chi connectivity index (χ4n) is 3.27. The van der Waals surface area contributed by atoms with Crippen LogP contribution < -0.4 is 14.8 Å². The number of benzene rings is 1. The van der Waals surface area contributed by atoms with Gasteiger partial charge in [-0.1, -0.05) is 0 Å². The first-order valence-corrected chi connectivity index (χ1v) is 10.6. The van der Waals surface area contributed by atoms with Gasteiger partial charge in [0.2, 0.25) is 10.0 Å². The highest BCUT2D eigenvalue weighted by Crippen LogP contribution is 2.31. The molecule has 1 aliphatic heterocycles. The zero-order valence-electron chi connectivity index (χ0n) is 15.8. The van der Waals surface area contributed by atoms with Crippen molar-refractivity contribution < 1.29 is 31.1 Å². The Hall–Kier alpha value is -2.01. The third kappa shape index (κ3) is 5.74. The standard InChI is InChI=1S/C17H24F3N3O4S/c1-4-21-16(24)23-11(2)9-14(22-28(3,25)26)15(23)10-27-13-7-5-12(6-8-13)17(18,19)20/h5-8,11,14-15,22H,4,9-10H2,1-3H3,(H,21,24)/t11-,14+,15+/m1/s1. The fourth-order valence-corrected chi connectivity index (χ4v) is 4.08. The van der Waals surface area contributed by atoms with Crippen molar-refractivity contribution in [3.8, 4) is 5.75 Å². The molecule has 7 nitrogen and oxygen atoms in total. The maximum absolute atomic E-state index is 12.7. The Morgan fingerprint density at radius 2 is 1.89 bits per heavy atom. The first-order valence-electron chi connectivity index (χ1n) is 8.76. The van der Waals surface area contributed by atoms with Gasteiger partial charge in [-0.15, -0.1) is 0 Å². The molecule has 0 aromatic heterocycles. The molecule has 0 spiro atoms. The van der Waals surface area contributed by atoms with Crippen LogP contribution in [0.1, 0.15) is 25.8 Å². The van der Waals surface area contributed by atoms with Gasteiger partial charge < -0.3 is 15.0 Å². The molecule has 1 heterocycles. The lowest BCUT2D eigenvalue weighted by Crippen LogP contribution is -2.53. The SMILES string of the molecule is CCNC(=O)N1[C@H](C)C[C@H](NS(C)(=O)=O)[C@@H]1COc1ccc(C(F)(F)F)cc1. The van der Waals surface area contributed by atoms with Crippen molar-refractivity contribution in [2.75, 3.05) is 19.4 Å². The lowest BCUT2D eigenvalue weighted by Gasteiger charge is -2.30. The van der Waals surface area contributed by atoms with Crippen LogP contribution in [0.2, 0.25) is 0 Å². The van der Waals surface area contributed by atoms with Gasteiger partial charge >= 0.3 is 12.2 Å². The Balaban J connectivity index is 2.17. The summed E-state index contributed by atoms with van der Waals surface area (Å²) in [6.07, 6.45) is -3.02. The Morgan fingerprint density at radius 1 is 1.29 bits per heavy atom. The van der Waals surface area contributed by atoms with Gasteiger partial charge in [0.15, 0.2) is 0 Å². The first kappa shape index (κ1) is 22.3. The molecule has 158 valence electrons. The zero-order valence-corrected chi connectivity index (χ0v) is 16.6. The van der Waals surface area contributed by atoms with Crippen molar-refractivity contribution >= 4 is 16.1 Å². The minimum Gasteiger partial charge on any atom is -0.491 e. The van der Waals surface area contributed by atoms with Crippen LogP contribution in [0.15, 0.2) is 24.3 Å². The quantitative estimate of drug-likeness (QED) is 0.734. The van der Waals surface area contributed by atoms with E-state index >= 15 is 0 Å². The number of nitrogens with one attached hydrogen (secondary N) is 2. The lowest BCUT2D eigenvalue weighted by molar-refractivity contribution is -0.137. The Morgan fingerprint density at radius 3 is 2.39 bits per heavy atom. The topological polar surface area (TPSA) is 87.7 Å². The number of urea groups is 1. The predicted molar refractivity (Wildman–Crippen MR) is 97.5 cm³/mol. The van der Waals surface area contributed by atoms with Crippen LogP contribution in [-0.2, 0) is 16.2 Å². The van der Waals surface area contributed by atoms with Crippen molar-refractivity contribution in [3.05, 3.63) is 29.8 Å². The summed E-state index contributed by atoms with van der Waals surface area (Å²) in [5, 5.41) is 2.68. The summed E-state index contributed by atoms with van der Waals surface area (Å²) in [6, 6.07) is 2.41. The maximum Gasteiger partial charge on any atom is 0.416 e. The van der Waals surface area contributed by atoms with E-state index in [-0.39, 0.29) is 24.4 Å². The first-order chi connectivity index (χ1) is 12.9. The molecule has 2 amide bonds. The molecule has 1 aromatic carbocycles. The smallest absolute Gasteiger partial charge is 0.416 e. The van der Waals surface area contributed by atoms with Crippen LogP contribution >= 0.6 is 0 Å². The normalized spacial score (nSPS) is 22.9. The maximum atomic E-state index is 12.7.